The van der Waals surface area contributed by atoms with Crippen LogP contribution in [0.3, 0.4) is 0 Å². The van der Waals surface area contributed by atoms with Gasteiger partial charge in [-0.15, -0.1) is 0 Å². The van der Waals surface area contributed by atoms with E-state index in [1.54, 1.807) is 59.9 Å². The van der Waals surface area contributed by atoms with Gasteiger partial charge in [0.25, 0.3) is 0 Å². The molecule has 1 aromatic carbocycles. The second kappa shape index (κ2) is 8.86. The van der Waals surface area contributed by atoms with E-state index in [4.69, 9.17) is 9.47 Å². The van der Waals surface area contributed by atoms with Gasteiger partial charge in [0.2, 0.25) is 0 Å². The van der Waals surface area contributed by atoms with Gasteiger partial charge in [-0.25, -0.2) is 20.0 Å². The molecule has 2 aromatic heterocycles. The average Bonchev–Trinajstić information content (AvgIpc) is 3.06. The molecule has 32 heavy (non-hydrogen) atoms. The van der Waals surface area contributed by atoms with Gasteiger partial charge in [0.05, 0.1) is 18.3 Å². The second-order valence-corrected chi connectivity index (χ2v) is 9.29. The SMILES string of the molecule is CC(C)(C)OC(=O)NN(C(=O)OC(C)(C)C)c1ccc2c(cnn2Cc2ccccc2)n1. The molecule has 2 heterocycles. The molecular weight excluding hydrogens is 410 g/mol. The Morgan fingerprint density at radius 2 is 1.62 bits per heavy atom. The fourth-order valence-electron chi connectivity index (χ4n) is 2.86. The summed E-state index contributed by atoms with van der Waals surface area (Å²) < 4.78 is 12.5. The van der Waals surface area contributed by atoms with E-state index in [9.17, 15) is 9.59 Å². The highest BCUT2D eigenvalue weighted by Crippen LogP contribution is 2.20. The molecule has 0 atom stereocenters. The van der Waals surface area contributed by atoms with Crippen molar-refractivity contribution in [2.24, 2.45) is 0 Å². The van der Waals surface area contributed by atoms with Crippen LogP contribution in [0.4, 0.5) is 15.4 Å². The lowest BCUT2D eigenvalue weighted by atomic mass is 10.2. The van der Waals surface area contributed by atoms with E-state index in [2.05, 4.69) is 15.5 Å². The largest absolute Gasteiger partial charge is 0.443 e. The molecule has 0 radical (unpaired) electrons. The van der Waals surface area contributed by atoms with Gasteiger partial charge < -0.3 is 9.47 Å². The summed E-state index contributed by atoms with van der Waals surface area (Å²) in [6, 6.07) is 13.3. The molecule has 0 spiro atoms. The third kappa shape index (κ3) is 6.19. The van der Waals surface area contributed by atoms with Crippen molar-refractivity contribution in [3.63, 3.8) is 0 Å². The topological polar surface area (TPSA) is 98.6 Å². The summed E-state index contributed by atoms with van der Waals surface area (Å²) in [4.78, 5) is 29.7. The number of hydrogen-bond acceptors (Lipinski definition) is 6. The molecule has 0 bridgehead atoms. The third-order valence-corrected chi connectivity index (χ3v) is 4.07. The Morgan fingerprint density at radius 1 is 0.969 bits per heavy atom. The summed E-state index contributed by atoms with van der Waals surface area (Å²) in [6.07, 6.45) is 0.0274. The maximum absolute atomic E-state index is 12.8. The van der Waals surface area contributed by atoms with Crippen LogP contribution in [-0.2, 0) is 16.0 Å². The van der Waals surface area contributed by atoms with E-state index >= 15 is 0 Å². The van der Waals surface area contributed by atoms with E-state index in [1.165, 1.54) is 0 Å². The lowest BCUT2D eigenvalue weighted by Crippen LogP contribution is -2.50. The molecule has 9 heteroatoms. The Balaban J connectivity index is 1.90. The maximum Gasteiger partial charge on any atom is 0.435 e. The molecule has 0 fully saturated rings. The summed E-state index contributed by atoms with van der Waals surface area (Å²) >= 11 is 0. The van der Waals surface area contributed by atoms with Gasteiger partial charge in [0.1, 0.15) is 16.7 Å². The first-order chi connectivity index (χ1) is 14.9. The number of carbonyl (C=O) groups excluding carboxylic acids is 2. The van der Waals surface area contributed by atoms with Crippen LogP contribution in [0.2, 0.25) is 0 Å². The molecule has 0 saturated heterocycles. The molecule has 3 rings (SSSR count). The van der Waals surface area contributed by atoms with E-state index in [0.29, 0.717) is 12.1 Å². The lowest BCUT2D eigenvalue weighted by molar-refractivity contribution is 0.0424. The quantitative estimate of drug-likeness (QED) is 0.596. The zero-order chi connectivity index (χ0) is 23.5. The highest BCUT2D eigenvalue weighted by Gasteiger charge is 2.28. The van der Waals surface area contributed by atoms with Gasteiger partial charge in [0.15, 0.2) is 5.82 Å². The number of pyridine rings is 1. The maximum atomic E-state index is 12.8. The number of hydrogen-bond donors (Lipinski definition) is 1. The minimum atomic E-state index is -0.801. The Morgan fingerprint density at radius 3 is 2.25 bits per heavy atom. The standard InChI is InChI=1S/C23H29N5O4/c1-22(2,3)31-20(29)26-28(21(30)32-23(4,5)6)19-13-12-18-17(25-19)14-24-27(18)15-16-10-8-7-9-11-16/h7-14H,15H2,1-6H3,(H,26,29). The number of benzene rings is 1. The van der Waals surface area contributed by atoms with Crippen LogP contribution >= 0.6 is 0 Å². The molecule has 0 aliphatic heterocycles. The Kier molecular flexibility index (Phi) is 6.38. The monoisotopic (exact) mass is 439 g/mol. The lowest BCUT2D eigenvalue weighted by Gasteiger charge is -2.28. The van der Waals surface area contributed by atoms with Crippen LogP contribution < -0.4 is 10.4 Å². The molecule has 0 saturated carbocycles. The number of ether oxygens (including phenoxy) is 2. The molecule has 9 nitrogen and oxygen atoms in total. The minimum absolute atomic E-state index is 0.178. The second-order valence-electron chi connectivity index (χ2n) is 9.29. The van der Waals surface area contributed by atoms with Crippen LogP contribution in [0.1, 0.15) is 47.1 Å². The van der Waals surface area contributed by atoms with Gasteiger partial charge in [0, 0.05) is 0 Å². The molecular formula is C23H29N5O4. The number of anilines is 1. The minimum Gasteiger partial charge on any atom is -0.443 e. The van der Waals surface area contributed by atoms with Gasteiger partial charge in [-0.3, -0.25) is 4.68 Å². The molecule has 3 aromatic rings. The van der Waals surface area contributed by atoms with Crippen molar-refractivity contribution in [1.29, 1.82) is 0 Å². The summed E-state index contributed by atoms with van der Waals surface area (Å²) in [7, 11) is 0. The molecule has 1 N–H and O–H groups in total. The Labute approximate surface area is 187 Å². The Hall–Kier alpha value is -3.62. The first-order valence-electron chi connectivity index (χ1n) is 10.3. The molecule has 0 unspecified atom stereocenters. The number of carbonyl (C=O) groups is 2. The molecule has 170 valence electrons. The predicted octanol–water partition coefficient (Wildman–Crippen LogP) is 4.66. The van der Waals surface area contributed by atoms with Crippen LogP contribution in [0.25, 0.3) is 11.0 Å². The highest BCUT2D eigenvalue weighted by molar-refractivity contribution is 5.91. The van der Waals surface area contributed by atoms with Crippen molar-refractivity contribution in [3.8, 4) is 0 Å². The number of aromatic nitrogens is 3. The zero-order valence-electron chi connectivity index (χ0n) is 19.2. The van der Waals surface area contributed by atoms with Gasteiger partial charge in [-0.05, 0) is 59.2 Å². The van der Waals surface area contributed by atoms with Gasteiger partial charge in [-0.2, -0.15) is 10.1 Å². The van der Waals surface area contributed by atoms with Crippen molar-refractivity contribution in [2.75, 3.05) is 5.01 Å². The fraction of sp³-hybridized carbons (Fsp3) is 0.391. The van der Waals surface area contributed by atoms with E-state index in [0.717, 1.165) is 16.1 Å². The van der Waals surface area contributed by atoms with E-state index in [-0.39, 0.29) is 5.82 Å². The molecule has 0 aliphatic rings. The van der Waals surface area contributed by atoms with E-state index in [1.807, 2.05) is 35.0 Å². The zero-order valence-corrected chi connectivity index (χ0v) is 19.2. The molecule has 2 amide bonds. The average molecular weight is 440 g/mol. The first-order valence-corrected chi connectivity index (χ1v) is 10.3. The summed E-state index contributed by atoms with van der Waals surface area (Å²) in [5.41, 5.74) is 3.39. The van der Waals surface area contributed by atoms with Crippen LogP contribution in [0.5, 0.6) is 0 Å². The van der Waals surface area contributed by atoms with Crippen LogP contribution in [0, 0.1) is 0 Å². The third-order valence-electron chi connectivity index (χ3n) is 4.07. The van der Waals surface area contributed by atoms with Crippen molar-refractivity contribution in [2.45, 2.75) is 59.3 Å². The van der Waals surface area contributed by atoms with Crippen LogP contribution in [-0.4, -0.2) is 38.2 Å². The summed E-state index contributed by atoms with van der Waals surface area (Å²) in [5.74, 6) is 0.178. The number of rotatable bonds is 3. The predicted molar refractivity (Wildman–Crippen MR) is 121 cm³/mol. The van der Waals surface area contributed by atoms with Crippen molar-refractivity contribution >= 4 is 29.0 Å². The normalized spacial score (nSPS) is 11.8. The van der Waals surface area contributed by atoms with Gasteiger partial charge in [-0.1, -0.05) is 30.3 Å². The van der Waals surface area contributed by atoms with Crippen molar-refractivity contribution in [3.05, 3.63) is 54.2 Å². The van der Waals surface area contributed by atoms with Crippen LogP contribution in [0.15, 0.2) is 48.7 Å². The van der Waals surface area contributed by atoms with Gasteiger partial charge >= 0.3 is 12.2 Å². The van der Waals surface area contributed by atoms with Crippen molar-refractivity contribution in [1.82, 2.24) is 20.2 Å². The molecule has 0 aliphatic carbocycles. The number of nitrogens with zero attached hydrogens (tertiary/aromatic N) is 4. The summed E-state index contributed by atoms with van der Waals surface area (Å²) in [6.45, 7) is 11.0. The number of hydrazine groups is 1. The smallest absolute Gasteiger partial charge is 0.435 e. The number of nitrogens with one attached hydrogen (secondary N) is 1. The number of fused-ring (bicyclic) bond motifs is 1. The van der Waals surface area contributed by atoms with E-state index < -0.39 is 23.4 Å². The van der Waals surface area contributed by atoms with Crippen molar-refractivity contribution < 1.29 is 19.1 Å². The summed E-state index contributed by atoms with van der Waals surface area (Å²) in [5, 5.41) is 5.35. The highest BCUT2D eigenvalue weighted by atomic mass is 16.6. The number of amides is 2. The fourth-order valence-corrected chi connectivity index (χ4v) is 2.86. The Bertz CT molecular complexity index is 1100. The first kappa shape index (κ1) is 23.1.